The number of hydrogen-bond donors (Lipinski definition) is 3. The second kappa shape index (κ2) is 10.4. The summed E-state index contributed by atoms with van der Waals surface area (Å²) >= 11 is 0. The van der Waals surface area contributed by atoms with Crippen molar-refractivity contribution in [3.05, 3.63) is 106 Å². The van der Waals surface area contributed by atoms with E-state index in [2.05, 4.69) is 15.0 Å². The van der Waals surface area contributed by atoms with Crippen LogP contribution in [0.2, 0.25) is 0 Å². The zero-order valence-electron chi connectivity index (χ0n) is 21.7. The van der Waals surface area contributed by atoms with Gasteiger partial charge in [0, 0.05) is 42.5 Å². The molecule has 0 aliphatic carbocycles. The Morgan fingerprint density at radius 2 is 1.68 bits per heavy atom. The Labute approximate surface area is 226 Å². The van der Waals surface area contributed by atoms with Crippen LogP contribution >= 0.6 is 0 Å². The topological polar surface area (TPSA) is 96.3 Å². The number of H-pyrrole nitrogens is 1. The molecular weight excluding hydrogens is 523 g/mol. The quantitative estimate of drug-likeness (QED) is 0.250. The normalized spacial score (nSPS) is 12.5. The fourth-order valence-electron chi connectivity index (χ4n) is 5.20. The molecule has 3 aromatic carbocycles. The zero-order chi connectivity index (χ0) is 28.6. The van der Waals surface area contributed by atoms with E-state index < -0.39 is 23.6 Å². The third kappa shape index (κ3) is 5.12. The summed E-state index contributed by atoms with van der Waals surface area (Å²) in [6, 6.07) is 19.7. The number of aromatic nitrogens is 2. The number of alkyl halides is 3. The van der Waals surface area contributed by atoms with Gasteiger partial charge < -0.3 is 24.7 Å². The number of amides is 1. The van der Waals surface area contributed by atoms with E-state index in [-0.39, 0.29) is 17.2 Å². The van der Waals surface area contributed by atoms with E-state index >= 15 is 0 Å². The molecule has 0 radical (unpaired) electrons. The highest BCUT2D eigenvalue weighted by Crippen LogP contribution is 2.41. The Hall–Kier alpha value is -4.73. The fraction of sp³-hybridized carbons (Fsp3) is 0.200. The van der Waals surface area contributed by atoms with Crippen LogP contribution in [0.3, 0.4) is 0 Å². The molecule has 40 heavy (non-hydrogen) atoms. The van der Waals surface area contributed by atoms with E-state index in [0.717, 1.165) is 16.5 Å². The van der Waals surface area contributed by atoms with Gasteiger partial charge in [-0.2, -0.15) is 0 Å². The van der Waals surface area contributed by atoms with Gasteiger partial charge in [-0.25, -0.2) is 0 Å². The summed E-state index contributed by atoms with van der Waals surface area (Å²) in [6.45, 7) is 1.73. The van der Waals surface area contributed by atoms with Gasteiger partial charge >= 0.3 is 6.36 Å². The second-order valence-electron chi connectivity index (χ2n) is 9.49. The number of nitrogens with one attached hydrogen (secondary N) is 2. The zero-order valence-corrected chi connectivity index (χ0v) is 21.7. The maximum atomic E-state index is 13.8. The number of rotatable bonds is 7. The summed E-state index contributed by atoms with van der Waals surface area (Å²) in [5.74, 6) is -1.71. The minimum Gasteiger partial charge on any atom is -0.507 e. The van der Waals surface area contributed by atoms with Gasteiger partial charge in [-0.3, -0.25) is 9.59 Å². The molecule has 0 aliphatic rings. The molecule has 0 saturated carbocycles. The average molecular weight is 550 g/mol. The Balaban J connectivity index is 1.78. The van der Waals surface area contributed by atoms with Crippen LogP contribution < -0.4 is 15.6 Å². The minimum absolute atomic E-state index is 0.0676. The number of halogens is 3. The Morgan fingerprint density at radius 1 is 1.02 bits per heavy atom. The largest absolute Gasteiger partial charge is 0.573 e. The summed E-state index contributed by atoms with van der Waals surface area (Å²) in [6.07, 6.45) is -4.46. The van der Waals surface area contributed by atoms with Crippen molar-refractivity contribution in [3.63, 3.8) is 0 Å². The minimum atomic E-state index is -4.86. The van der Waals surface area contributed by atoms with E-state index in [0.29, 0.717) is 35.1 Å². The highest BCUT2D eigenvalue weighted by atomic mass is 19.4. The van der Waals surface area contributed by atoms with Gasteiger partial charge in [0.25, 0.3) is 5.56 Å². The number of ether oxygens (including phenoxy) is 1. The first-order chi connectivity index (χ1) is 19.0. The van der Waals surface area contributed by atoms with E-state index in [4.69, 9.17) is 0 Å². The predicted molar refractivity (Wildman–Crippen MR) is 146 cm³/mol. The van der Waals surface area contributed by atoms with Gasteiger partial charge in [-0.1, -0.05) is 42.5 Å². The Bertz CT molecular complexity index is 1770. The fourth-order valence-corrected chi connectivity index (χ4v) is 5.20. The van der Waals surface area contributed by atoms with E-state index in [9.17, 15) is 27.9 Å². The van der Waals surface area contributed by atoms with E-state index in [1.54, 1.807) is 31.3 Å². The Kier molecular flexibility index (Phi) is 7.01. The molecule has 1 amide bonds. The van der Waals surface area contributed by atoms with Crippen molar-refractivity contribution in [2.75, 3.05) is 6.54 Å². The number of aromatic amines is 1. The van der Waals surface area contributed by atoms with Crippen LogP contribution in [0, 0.1) is 0 Å². The van der Waals surface area contributed by atoms with Crippen molar-refractivity contribution in [1.29, 1.82) is 0 Å². The summed E-state index contributed by atoms with van der Waals surface area (Å²) in [5, 5.41) is 15.6. The molecule has 0 fully saturated rings. The number of carbonyl (C=O) groups excluding carboxylic acids is 1. The molecule has 5 rings (SSSR count). The predicted octanol–water partition coefficient (Wildman–Crippen LogP) is 5.48. The maximum absolute atomic E-state index is 13.8. The highest BCUT2D eigenvalue weighted by Gasteiger charge is 2.33. The molecule has 0 aliphatic heterocycles. The Morgan fingerprint density at radius 3 is 2.35 bits per heavy atom. The standard InChI is InChI=1S/C30H26F3N3O4/c1-17(37)34-16-15-21-20-7-3-5-9-23(20)35-27(21)25(18-11-13-19(14-12-18)40-30(31,32)33)26-28(38)22-8-4-6-10-24(22)36(2)29(26)39/h3-14,25,35,38H,15-16H2,1-2H3,(H,34,37). The molecule has 0 saturated heterocycles. The molecule has 0 spiro atoms. The van der Waals surface area contributed by atoms with Crippen LogP contribution in [0.5, 0.6) is 11.5 Å². The lowest BCUT2D eigenvalue weighted by molar-refractivity contribution is -0.274. The second-order valence-corrected chi connectivity index (χ2v) is 9.49. The van der Waals surface area contributed by atoms with Gasteiger partial charge in [0.15, 0.2) is 0 Å². The number of carbonyl (C=O) groups is 1. The molecule has 3 N–H and O–H groups in total. The van der Waals surface area contributed by atoms with Crippen LogP contribution in [0.4, 0.5) is 13.2 Å². The van der Waals surface area contributed by atoms with Crippen molar-refractivity contribution in [2.24, 2.45) is 7.05 Å². The molecule has 2 aromatic heterocycles. The molecular formula is C30H26F3N3O4. The lowest BCUT2D eigenvalue weighted by atomic mass is 9.85. The van der Waals surface area contributed by atoms with Crippen molar-refractivity contribution in [3.8, 4) is 11.5 Å². The van der Waals surface area contributed by atoms with Crippen LogP contribution in [0.15, 0.2) is 77.6 Å². The summed E-state index contributed by atoms with van der Waals surface area (Å²) in [7, 11) is 1.60. The highest BCUT2D eigenvalue weighted by molar-refractivity contribution is 5.88. The van der Waals surface area contributed by atoms with Crippen LogP contribution in [-0.2, 0) is 18.3 Å². The lowest BCUT2D eigenvalue weighted by Crippen LogP contribution is -2.26. The first kappa shape index (κ1) is 26.9. The summed E-state index contributed by atoms with van der Waals surface area (Å²) in [5.41, 5.74) is 2.77. The lowest BCUT2D eigenvalue weighted by Gasteiger charge is -2.22. The number of nitrogens with zero attached hydrogens (tertiary/aromatic N) is 1. The molecule has 7 nitrogen and oxygen atoms in total. The van der Waals surface area contributed by atoms with Gasteiger partial charge in [-0.05, 0) is 47.9 Å². The molecule has 10 heteroatoms. The number of benzene rings is 3. The monoisotopic (exact) mass is 549 g/mol. The molecule has 5 aromatic rings. The van der Waals surface area contributed by atoms with E-state index in [1.807, 2.05) is 24.3 Å². The number of para-hydroxylation sites is 2. The van der Waals surface area contributed by atoms with Crippen molar-refractivity contribution in [1.82, 2.24) is 14.9 Å². The van der Waals surface area contributed by atoms with Gasteiger partial charge in [0.05, 0.1) is 17.0 Å². The van der Waals surface area contributed by atoms with E-state index in [1.165, 1.54) is 35.8 Å². The van der Waals surface area contributed by atoms with Gasteiger partial charge in [0.1, 0.15) is 11.5 Å². The first-order valence-electron chi connectivity index (χ1n) is 12.6. The summed E-state index contributed by atoms with van der Waals surface area (Å²) in [4.78, 5) is 28.8. The number of fused-ring (bicyclic) bond motifs is 2. The first-order valence-corrected chi connectivity index (χ1v) is 12.6. The van der Waals surface area contributed by atoms with Crippen LogP contribution in [0.1, 0.15) is 35.2 Å². The van der Waals surface area contributed by atoms with Crippen molar-refractivity contribution >= 4 is 27.7 Å². The summed E-state index contributed by atoms with van der Waals surface area (Å²) < 4.78 is 44.0. The van der Waals surface area contributed by atoms with Gasteiger partial charge in [0.2, 0.25) is 5.91 Å². The van der Waals surface area contributed by atoms with Crippen LogP contribution in [-0.4, -0.2) is 33.5 Å². The number of aryl methyl sites for hydroxylation is 1. The molecule has 1 atom stereocenters. The number of aromatic hydroxyl groups is 1. The van der Waals surface area contributed by atoms with Gasteiger partial charge in [-0.15, -0.1) is 13.2 Å². The third-order valence-corrected chi connectivity index (χ3v) is 6.93. The van der Waals surface area contributed by atoms with Crippen molar-refractivity contribution in [2.45, 2.75) is 25.6 Å². The van der Waals surface area contributed by atoms with Crippen LogP contribution in [0.25, 0.3) is 21.8 Å². The van der Waals surface area contributed by atoms with Crippen molar-refractivity contribution < 1.29 is 27.8 Å². The number of hydrogen-bond acceptors (Lipinski definition) is 4. The number of pyridine rings is 1. The molecule has 206 valence electrons. The maximum Gasteiger partial charge on any atom is 0.573 e. The third-order valence-electron chi connectivity index (χ3n) is 6.93. The molecule has 1 unspecified atom stereocenters. The SMILES string of the molecule is CC(=O)NCCc1c(C(c2ccc(OC(F)(F)F)cc2)c2c(O)c3ccccc3n(C)c2=O)[nH]c2ccccc12. The smallest absolute Gasteiger partial charge is 0.507 e. The molecule has 0 bridgehead atoms. The molecule has 2 heterocycles. The average Bonchev–Trinajstić information content (AvgIpc) is 3.27.